The molecule has 0 N–H and O–H groups in total. The highest BCUT2D eigenvalue weighted by Gasteiger charge is 1.97. The van der Waals surface area contributed by atoms with Crippen molar-refractivity contribution in [2.45, 2.75) is 20.3 Å². The monoisotopic (exact) mass is 238 g/mol. The summed E-state index contributed by atoms with van der Waals surface area (Å²) >= 11 is 5.44. The van der Waals surface area contributed by atoms with Crippen molar-refractivity contribution in [2.24, 2.45) is 5.92 Å². The minimum atomic E-state index is 0.540. The summed E-state index contributed by atoms with van der Waals surface area (Å²) in [5.41, 5.74) is 0. The molecule has 3 nitrogen and oxygen atoms in total. The van der Waals surface area contributed by atoms with Gasteiger partial charge in [0.25, 0.3) is 0 Å². The van der Waals surface area contributed by atoms with Gasteiger partial charge in [0.05, 0.1) is 33.0 Å². The standard InChI is InChI=1S/C11H23ClO3/c1-3-11(2)10-15-9-8-14-7-6-13-5-4-12/h11H,3-10H2,1-2H3. The number of halogens is 1. The molecule has 92 valence electrons. The first-order valence-corrected chi connectivity index (χ1v) is 6.13. The lowest BCUT2D eigenvalue weighted by molar-refractivity contribution is 0.0105. The van der Waals surface area contributed by atoms with Gasteiger partial charge in [-0.1, -0.05) is 20.3 Å². The lowest BCUT2D eigenvalue weighted by Gasteiger charge is -2.09. The molecule has 0 aromatic carbocycles. The summed E-state index contributed by atoms with van der Waals surface area (Å²) < 4.78 is 15.9. The highest BCUT2D eigenvalue weighted by Crippen LogP contribution is 1.99. The molecule has 0 radical (unpaired) electrons. The average molecular weight is 239 g/mol. The Labute approximate surface area is 98.0 Å². The van der Waals surface area contributed by atoms with Crippen molar-refractivity contribution in [3.05, 3.63) is 0 Å². The van der Waals surface area contributed by atoms with Crippen molar-refractivity contribution in [1.29, 1.82) is 0 Å². The third kappa shape index (κ3) is 12.1. The first-order valence-electron chi connectivity index (χ1n) is 5.60. The summed E-state index contributed by atoms with van der Waals surface area (Å²) in [4.78, 5) is 0. The molecule has 0 heterocycles. The maximum Gasteiger partial charge on any atom is 0.0701 e. The maximum atomic E-state index is 5.44. The summed E-state index contributed by atoms with van der Waals surface area (Å²) in [6, 6.07) is 0. The molecular weight excluding hydrogens is 216 g/mol. The van der Waals surface area contributed by atoms with Gasteiger partial charge in [0, 0.05) is 12.5 Å². The van der Waals surface area contributed by atoms with Crippen LogP contribution in [-0.2, 0) is 14.2 Å². The lowest BCUT2D eigenvalue weighted by Crippen LogP contribution is -2.12. The molecule has 0 bridgehead atoms. The molecular formula is C11H23ClO3. The molecule has 1 atom stereocenters. The average Bonchev–Trinajstić information content (AvgIpc) is 2.26. The van der Waals surface area contributed by atoms with E-state index in [0.717, 1.165) is 13.0 Å². The third-order valence-corrected chi connectivity index (χ3v) is 2.22. The predicted octanol–water partition coefficient (Wildman–Crippen LogP) is 2.32. The maximum absolute atomic E-state index is 5.44. The fourth-order valence-electron chi connectivity index (χ4n) is 0.897. The van der Waals surface area contributed by atoms with E-state index < -0.39 is 0 Å². The van der Waals surface area contributed by atoms with Gasteiger partial charge in [0.15, 0.2) is 0 Å². The van der Waals surface area contributed by atoms with Gasteiger partial charge in [-0.15, -0.1) is 11.6 Å². The second-order valence-electron chi connectivity index (χ2n) is 3.50. The zero-order valence-corrected chi connectivity index (χ0v) is 10.6. The number of alkyl halides is 1. The second kappa shape index (κ2) is 12.2. The summed E-state index contributed by atoms with van der Waals surface area (Å²) in [6.07, 6.45) is 1.16. The fourth-order valence-corrected chi connectivity index (χ4v) is 1.01. The molecule has 0 aliphatic heterocycles. The Morgan fingerprint density at radius 3 is 2.00 bits per heavy atom. The van der Waals surface area contributed by atoms with Gasteiger partial charge in [-0.3, -0.25) is 0 Å². The van der Waals surface area contributed by atoms with Gasteiger partial charge >= 0.3 is 0 Å². The van der Waals surface area contributed by atoms with Crippen LogP contribution in [0, 0.1) is 5.92 Å². The second-order valence-corrected chi connectivity index (χ2v) is 3.88. The van der Waals surface area contributed by atoms with E-state index in [4.69, 9.17) is 25.8 Å². The van der Waals surface area contributed by atoms with Crippen molar-refractivity contribution >= 4 is 11.6 Å². The lowest BCUT2D eigenvalue weighted by atomic mass is 10.1. The van der Waals surface area contributed by atoms with Crippen LogP contribution in [0.2, 0.25) is 0 Å². The first kappa shape index (κ1) is 15.2. The first-order chi connectivity index (χ1) is 7.31. The van der Waals surface area contributed by atoms with Gasteiger partial charge < -0.3 is 14.2 Å². The third-order valence-electron chi connectivity index (χ3n) is 2.06. The summed E-state index contributed by atoms with van der Waals surface area (Å²) in [6.45, 7) is 8.29. The van der Waals surface area contributed by atoms with Gasteiger partial charge in [-0.2, -0.15) is 0 Å². The molecule has 0 rings (SSSR count). The van der Waals surface area contributed by atoms with E-state index in [9.17, 15) is 0 Å². The summed E-state index contributed by atoms with van der Waals surface area (Å²) in [5.74, 6) is 1.18. The van der Waals surface area contributed by atoms with E-state index in [1.54, 1.807) is 0 Å². The predicted molar refractivity (Wildman–Crippen MR) is 62.6 cm³/mol. The van der Waals surface area contributed by atoms with Crippen molar-refractivity contribution in [2.75, 3.05) is 45.5 Å². The van der Waals surface area contributed by atoms with E-state index in [1.807, 2.05) is 0 Å². The highest BCUT2D eigenvalue weighted by molar-refractivity contribution is 6.17. The largest absolute Gasteiger partial charge is 0.379 e. The Kier molecular flexibility index (Phi) is 12.4. The Morgan fingerprint density at radius 1 is 0.933 bits per heavy atom. The number of ether oxygens (including phenoxy) is 3. The Bertz CT molecular complexity index is 122. The Hall–Kier alpha value is 0.170. The fraction of sp³-hybridized carbons (Fsp3) is 1.00. The van der Waals surface area contributed by atoms with Crippen molar-refractivity contribution in [3.63, 3.8) is 0 Å². The SMILES string of the molecule is CCC(C)COCCOCCOCCCl. The molecule has 15 heavy (non-hydrogen) atoms. The van der Waals surface area contributed by atoms with E-state index in [2.05, 4.69) is 13.8 Å². The van der Waals surface area contributed by atoms with Crippen LogP contribution in [0.5, 0.6) is 0 Å². The normalized spacial score (nSPS) is 13.0. The summed E-state index contributed by atoms with van der Waals surface area (Å²) in [7, 11) is 0. The van der Waals surface area contributed by atoms with E-state index in [0.29, 0.717) is 44.8 Å². The number of rotatable bonds is 11. The number of hydrogen-bond donors (Lipinski definition) is 0. The van der Waals surface area contributed by atoms with E-state index in [1.165, 1.54) is 0 Å². The molecule has 0 aromatic heterocycles. The van der Waals surface area contributed by atoms with Gasteiger partial charge in [-0.25, -0.2) is 0 Å². The van der Waals surface area contributed by atoms with Crippen LogP contribution >= 0.6 is 11.6 Å². The molecule has 0 fully saturated rings. The van der Waals surface area contributed by atoms with Crippen LogP contribution in [0.15, 0.2) is 0 Å². The van der Waals surface area contributed by atoms with Gasteiger partial charge in [0.1, 0.15) is 0 Å². The molecule has 0 amide bonds. The zero-order valence-electron chi connectivity index (χ0n) is 9.84. The number of hydrogen-bond acceptors (Lipinski definition) is 3. The smallest absolute Gasteiger partial charge is 0.0701 e. The molecule has 0 saturated heterocycles. The minimum absolute atomic E-state index is 0.540. The van der Waals surface area contributed by atoms with Crippen LogP contribution < -0.4 is 0 Å². The minimum Gasteiger partial charge on any atom is -0.379 e. The van der Waals surface area contributed by atoms with E-state index in [-0.39, 0.29) is 0 Å². The highest BCUT2D eigenvalue weighted by atomic mass is 35.5. The topological polar surface area (TPSA) is 27.7 Å². The van der Waals surface area contributed by atoms with Crippen molar-refractivity contribution < 1.29 is 14.2 Å². The van der Waals surface area contributed by atoms with Crippen LogP contribution in [0.25, 0.3) is 0 Å². The Morgan fingerprint density at radius 2 is 1.47 bits per heavy atom. The van der Waals surface area contributed by atoms with Crippen LogP contribution in [0.1, 0.15) is 20.3 Å². The molecule has 0 aliphatic rings. The Balaban J connectivity index is 2.92. The van der Waals surface area contributed by atoms with Crippen LogP contribution in [0.3, 0.4) is 0 Å². The zero-order chi connectivity index (χ0) is 11.4. The van der Waals surface area contributed by atoms with Gasteiger partial charge in [-0.05, 0) is 5.92 Å². The molecule has 4 heteroatoms. The molecule has 0 spiro atoms. The van der Waals surface area contributed by atoms with Crippen LogP contribution in [0.4, 0.5) is 0 Å². The summed E-state index contributed by atoms with van der Waals surface area (Å²) in [5, 5.41) is 0. The quantitative estimate of drug-likeness (QED) is 0.409. The molecule has 0 aliphatic carbocycles. The van der Waals surface area contributed by atoms with E-state index >= 15 is 0 Å². The molecule has 0 saturated carbocycles. The van der Waals surface area contributed by atoms with Crippen molar-refractivity contribution in [1.82, 2.24) is 0 Å². The molecule has 1 unspecified atom stereocenters. The molecule has 0 aromatic rings. The van der Waals surface area contributed by atoms with Crippen molar-refractivity contribution in [3.8, 4) is 0 Å². The van der Waals surface area contributed by atoms with Gasteiger partial charge in [0.2, 0.25) is 0 Å². The van der Waals surface area contributed by atoms with Crippen LogP contribution in [-0.4, -0.2) is 45.5 Å².